The molecule has 88 valence electrons. The molecule has 0 amide bonds. The van der Waals surface area contributed by atoms with Crippen molar-refractivity contribution in [2.75, 3.05) is 7.05 Å². The van der Waals surface area contributed by atoms with E-state index in [-0.39, 0.29) is 0 Å². The van der Waals surface area contributed by atoms with Crippen molar-refractivity contribution in [2.24, 2.45) is 0 Å². The van der Waals surface area contributed by atoms with E-state index >= 15 is 0 Å². The fraction of sp³-hybridized carbons (Fsp3) is 0.182. The maximum atomic E-state index is 5.79. The molecular formula is C11H11ClN4O. The molecule has 0 aliphatic heterocycles. The molecule has 0 fully saturated rings. The third-order valence-electron chi connectivity index (χ3n) is 1.96. The van der Waals surface area contributed by atoms with Crippen LogP contribution in [-0.4, -0.2) is 22.2 Å². The third kappa shape index (κ3) is 3.37. The predicted molar refractivity (Wildman–Crippen MR) is 64.1 cm³/mol. The van der Waals surface area contributed by atoms with Crippen molar-refractivity contribution >= 4 is 11.6 Å². The first kappa shape index (κ1) is 11.8. The first-order valence-electron chi connectivity index (χ1n) is 5.03. The van der Waals surface area contributed by atoms with Crippen LogP contribution in [0.3, 0.4) is 0 Å². The molecule has 17 heavy (non-hydrogen) atoms. The van der Waals surface area contributed by atoms with Crippen LogP contribution in [0, 0.1) is 0 Å². The van der Waals surface area contributed by atoms with Crippen molar-refractivity contribution in [3.8, 4) is 11.6 Å². The van der Waals surface area contributed by atoms with Gasteiger partial charge in [0.2, 0.25) is 5.88 Å². The summed E-state index contributed by atoms with van der Waals surface area (Å²) in [5, 5.41) is 11.4. The summed E-state index contributed by atoms with van der Waals surface area (Å²) in [5.41, 5.74) is 0.851. The zero-order chi connectivity index (χ0) is 12.1. The van der Waals surface area contributed by atoms with Gasteiger partial charge >= 0.3 is 0 Å². The summed E-state index contributed by atoms with van der Waals surface area (Å²) in [4.78, 5) is 3.91. The van der Waals surface area contributed by atoms with Gasteiger partial charge in [0, 0.05) is 24.9 Å². The van der Waals surface area contributed by atoms with Gasteiger partial charge in [0.05, 0.1) is 16.9 Å². The fourth-order valence-corrected chi connectivity index (χ4v) is 1.41. The zero-order valence-electron chi connectivity index (χ0n) is 9.22. The van der Waals surface area contributed by atoms with Gasteiger partial charge in [0.15, 0.2) is 0 Å². The smallest absolute Gasteiger partial charge is 0.238 e. The zero-order valence-corrected chi connectivity index (χ0v) is 9.98. The highest BCUT2D eigenvalue weighted by Gasteiger charge is 2.01. The minimum absolute atomic E-state index is 0.411. The van der Waals surface area contributed by atoms with E-state index in [4.69, 9.17) is 16.3 Å². The molecule has 5 nitrogen and oxygen atoms in total. The lowest BCUT2D eigenvalue weighted by Gasteiger charge is -2.04. The topological polar surface area (TPSA) is 59.9 Å². The van der Waals surface area contributed by atoms with E-state index in [2.05, 4.69) is 20.5 Å². The number of nitrogens with zero attached hydrogens (tertiary/aromatic N) is 3. The molecular weight excluding hydrogens is 240 g/mol. The van der Waals surface area contributed by atoms with Gasteiger partial charge in [-0.25, -0.2) is 0 Å². The Balaban J connectivity index is 2.08. The Morgan fingerprint density at radius 3 is 2.82 bits per heavy atom. The number of ether oxygens (including phenoxy) is 1. The Hall–Kier alpha value is -1.72. The normalized spacial score (nSPS) is 10.2. The Morgan fingerprint density at radius 2 is 2.18 bits per heavy atom. The van der Waals surface area contributed by atoms with E-state index in [0.717, 1.165) is 5.69 Å². The quantitative estimate of drug-likeness (QED) is 0.900. The van der Waals surface area contributed by atoms with E-state index in [0.29, 0.717) is 23.2 Å². The molecule has 2 aromatic rings. The maximum Gasteiger partial charge on any atom is 0.238 e. The lowest BCUT2D eigenvalue weighted by atomic mass is 10.4. The highest BCUT2D eigenvalue weighted by molar-refractivity contribution is 6.30. The lowest BCUT2D eigenvalue weighted by Crippen LogP contribution is -2.07. The Labute approximate surface area is 104 Å². The number of halogens is 1. The molecule has 0 aromatic carbocycles. The molecule has 2 heterocycles. The van der Waals surface area contributed by atoms with E-state index in [1.54, 1.807) is 18.3 Å². The average molecular weight is 251 g/mol. The summed E-state index contributed by atoms with van der Waals surface area (Å²) in [6, 6.07) is 5.26. The van der Waals surface area contributed by atoms with Crippen molar-refractivity contribution in [3.05, 3.63) is 41.3 Å². The maximum absolute atomic E-state index is 5.79. The summed E-state index contributed by atoms with van der Waals surface area (Å²) in [7, 11) is 1.85. The summed E-state index contributed by atoms with van der Waals surface area (Å²) >= 11 is 5.79. The summed E-state index contributed by atoms with van der Waals surface area (Å²) < 4.78 is 5.45. The molecule has 0 aliphatic rings. The molecule has 0 bridgehead atoms. The largest absolute Gasteiger partial charge is 0.436 e. The Morgan fingerprint density at radius 1 is 1.29 bits per heavy atom. The summed E-state index contributed by atoms with van der Waals surface area (Å²) in [6.07, 6.45) is 3.10. The summed E-state index contributed by atoms with van der Waals surface area (Å²) in [6.45, 7) is 0.673. The first-order valence-corrected chi connectivity index (χ1v) is 5.41. The van der Waals surface area contributed by atoms with Crippen molar-refractivity contribution in [1.82, 2.24) is 20.5 Å². The van der Waals surface area contributed by atoms with Crippen LogP contribution in [0.5, 0.6) is 11.6 Å². The van der Waals surface area contributed by atoms with E-state index in [1.807, 2.05) is 13.1 Å². The Bertz CT molecular complexity index is 489. The van der Waals surface area contributed by atoms with E-state index < -0.39 is 0 Å². The molecule has 6 heteroatoms. The van der Waals surface area contributed by atoms with Crippen LogP contribution < -0.4 is 10.1 Å². The fourth-order valence-electron chi connectivity index (χ4n) is 1.25. The summed E-state index contributed by atoms with van der Waals surface area (Å²) in [5.74, 6) is 0.946. The Kier molecular flexibility index (Phi) is 3.85. The minimum Gasteiger partial charge on any atom is -0.436 e. The molecule has 0 spiro atoms. The van der Waals surface area contributed by atoms with Crippen molar-refractivity contribution < 1.29 is 4.74 Å². The number of pyridine rings is 1. The molecule has 0 unspecified atom stereocenters. The van der Waals surface area contributed by atoms with Gasteiger partial charge in [-0.15, -0.1) is 5.10 Å². The highest BCUT2D eigenvalue weighted by atomic mass is 35.5. The van der Waals surface area contributed by atoms with E-state index in [1.165, 1.54) is 6.20 Å². The van der Waals surface area contributed by atoms with Gasteiger partial charge in [0.1, 0.15) is 5.75 Å². The van der Waals surface area contributed by atoms with Crippen LogP contribution in [0.2, 0.25) is 5.02 Å². The lowest BCUT2D eigenvalue weighted by molar-refractivity contribution is 0.451. The van der Waals surface area contributed by atoms with Crippen LogP contribution in [0.4, 0.5) is 0 Å². The second kappa shape index (κ2) is 5.56. The van der Waals surface area contributed by atoms with Crippen molar-refractivity contribution in [3.63, 3.8) is 0 Å². The molecule has 0 aliphatic carbocycles. The van der Waals surface area contributed by atoms with Crippen LogP contribution in [0.1, 0.15) is 5.69 Å². The van der Waals surface area contributed by atoms with Gasteiger partial charge in [-0.2, -0.15) is 5.10 Å². The molecule has 2 rings (SSSR count). The van der Waals surface area contributed by atoms with Gasteiger partial charge < -0.3 is 10.1 Å². The predicted octanol–water partition coefficient (Wildman–Crippen LogP) is 2.04. The SMILES string of the molecule is CNCc1ccc(Oc2cncc(Cl)c2)nn1. The standard InChI is InChI=1S/C11H11ClN4O/c1-13-6-9-2-3-11(16-15-9)17-10-4-8(12)5-14-7-10/h2-5,7,13H,6H2,1H3. The number of hydrogen-bond acceptors (Lipinski definition) is 5. The molecule has 0 radical (unpaired) electrons. The second-order valence-corrected chi connectivity index (χ2v) is 3.77. The molecule has 0 atom stereocenters. The number of nitrogens with one attached hydrogen (secondary N) is 1. The molecule has 1 N–H and O–H groups in total. The van der Waals surface area contributed by atoms with Crippen LogP contribution in [-0.2, 0) is 6.54 Å². The van der Waals surface area contributed by atoms with Gasteiger partial charge in [0.25, 0.3) is 0 Å². The minimum atomic E-state index is 0.411. The third-order valence-corrected chi connectivity index (χ3v) is 2.16. The number of aromatic nitrogens is 3. The number of rotatable bonds is 4. The first-order chi connectivity index (χ1) is 8.28. The van der Waals surface area contributed by atoms with Gasteiger partial charge in [-0.3, -0.25) is 4.98 Å². The highest BCUT2D eigenvalue weighted by Crippen LogP contribution is 2.20. The van der Waals surface area contributed by atoms with E-state index in [9.17, 15) is 0 Å². The monoisotopic (exact) mass is 250 g/mol. The second-order valence-electron chi connectivity index (χ2n) is 3.33. The molecule has 0 saturated carbocycles. The average Bonchev–Trinajstić information content (AvgIpc) is 2.32. The molecule has 0 saturated heterocycles. The van der Waals surface area contributed by atoms with Crippen molar-refractivity contribution in [2.45, 2.75) is 6.54 Å². The van der Waals surface area contributed by atoms with Crippen molar-refractivity contribution in [1.29, 1.82) is 0 Å². The van der Waals surface area contributed by atoms with Crippen LogP contribution in [0.15, 0.2) is 30.6 Å². The van der Waals surface area contributed by atoms with Gasteiger partial charge in [-0.05, 0) is 13.1 Å². The number of hydrogen-bond donors (Lipinski definition) is 1. The molecule has 2 aromatic heterocycles. The van der Waals surface area contributed by atoms with Crippen LogP contribution >= 0.6 is 11.6 Å². The van der Waals surface area contributed by atoms with Gasteiger partial charge in [-0.1, -0.05) is 11.6 Å². The van der Waals surface area contributed by atoms with Crippen LogP contribution in [0.25, 0.3) is 0 Å².